The Morgan fingerprint density at radius 3 is 2.56 bits per heavy atom. The minimum atomic E-state index is -0.207. The van der Waals surface area contributed by atoms with E-state index < -0.39 is 0 Å². The van der Waals surface area contributed by atoms with E-state index in [0.717, 1.165) is 33.7 Å². The maximum absolute atomic E-state index is 13.7. The highest BCUT2D eigenvalue weighted by Crippen LogP contribution is 2.47. The predicted molar refractivity (Wildman–Crippen MR) is 145 cm³/mol. The Morgan fingerprint density at radius 2 is 1.97 bits per heavy atom. The summed E-state index contributed by atoms with van der Waals surface area (Å²) in [5.74, 6) is 1.10. The van der Waals surface area contributed by atoms with Crippen molar-refractivity contribution in [1.29, 1.82) is 5.41 Å². The number of carbonyl (C=O) groups is 1. The number of nitrogens with zero attached hydrogens (tertiary/aromatic N) is 1. The van der Waals surface area contributed by atoms with Gasteiger partial charge in [0.1, 0.15) is 5.69 Å². The number of amides is 1. The Kier molecular flexibility index (Phi) is 7.18. The third kappa shape index (κ3) is 4.87. The number of hydrogen-bond acceptors (Lipinski definition) is 6. The van der Waals surface area contributed by atoms with E-state index in [2.05, 4.69) is 26.1 Å². The first-order valence-corrected chi connectivity index (χ1v) is 13.0. The van der Waals surface area contributed by atoms with Gasteiger partial charge >= 0.3 is 0 Å². The second-order valence-corrected chi connectivity index (χ2v) is 11.4. The lowest BCUT2D eigenvalue weighted by atomic mass is 9.94. The number of nitrogens with one attached hydrogen (secondary N) is 2. The molecule has 0 radical (unpaired) electrons. The molecule has 0 unspecified atom stereocenters. The van der Waals surface area contributed by atoms with Gasteiger partial charge in [0.15, 0.2) is 11.5 Å². The van der Waals surface area contributed by atoms with E-state index in [1.165, 1.54) is 7.11 Å². The van der Waals surface area contributed by atoms with Crippen molar-refractivity contribution in [1.82, 2.24) is 9.88 Å². The molecule has 192 valence electrons. The number of aryl methyl sites for hydroxylation is 1. The summed E-state index contributed by atoms with van der Waals surface area (Å²) in [5, 5.41) is 13.8. The van der Waals surface area contributed by atoms with Crippen molar-refractivity contribution in [2.45, 2.75) is 53.7 Å². The number of rotatable bonds is 7. The van der Waals surface area contributed by atoms with Crippen LogP contribution in [0.25, 0.3) is 21.7 Å². The second-order valence-electron chi connectivity index (χ2n) is 10.4. The molecule has 0 spiro atoms. The topological polar surface area (TPSA) is 85.6 Å². The summed E-state index contributed by atoms with van der Waals surface area (Å²) in [6, 6.07) is 8.04. The average Bonchev–Trinajstić information content (AvgIpc) is 3.46. The van der Waals surface area contributed by atoms with Gasteiger partial charge in [-0.3, -0.25) is 10.2 Å². The molecule has 0 atom stereocenters. The van der Waals surface area contributed by atoms with Crippen molar-refractivity contribution in [2.24, 2.45) is 5.41 Å². The van der Waals surface area contributed by atoms with Crippen LogP contribution in [0.3, 0.4) is 0 Å². The third-order valence-electron chi connectivity index (χ3n) is 6.07. The molecule has 1 aliphatic rings. The molecular weight excluding hydrogens is 474 g/mol. The molecule has 8 heteroatoms. The van der Waals surface area contributed by atoms with Gasteiger partial charge in [-0.05, 0) is 54.8 Å². The molecule has 2 aromatic heterocycles. The minimum absolute atomic E-state index is 0.0277. The van der Waals surface area contributed by atoms with Crippen molar-refractivity contribution in [3.63, 3.8) is 0 Å². The monoisotopic (exact) mass is 509 g/mol. The summed E-state index contributed by atoms with van der Waals surface area (Å²) in [4.78, 5) is 14.7. The van der Waals surface area contributed by atoms with Gasteiger partial charge in [-0.2, -0.15) is 0 Å². The number of aromatic nitrogens is 1. The fourth-order valence-corrected chi connectivity index (χ4v) is 5.32. The standard InChI is InChI=1S/C28H35N3O4S/c1-16(2)35-20-14-18-17(13-19(20)33-6)10-11-31-24(18)22(21-9-8-12-36-21)23(26(29)34-7)25(31)27(32)30-15-28(3,4)5/h8-9,12-14,16,29H,10-11,15H2,1-7H3,(H,30,32). The molecule has 0 bridgehead atoms. The summed E-state index contributed by atoms with van der Waals surface area (Å²) < 4.78 is 19.2. The normalized spacial score (nSPS) is 12.7. The van der Waals surface area contributed by atoms with E-state index in [1.54, 1.807) is 18.4 Å². The maximum Gasteiger partial charge on any atom is 0.268 e. The number of methoxy groups -OCH3 is 2. The van der Waals surface area contributed by atoms with Gasteiger partial charge in [-0.15, -0.1) is 11.3 Å². The fourth-order valence-electron chi connectivity index (χ4n) is 4.54. The van der Waals surface area contributed by atoms with Crippen LogP contribution in [0.15, 0.2) is 29.6 Å². The molecule has 0 aliphatic carbocycles. The Hall–Kier alpha value is -3.26. The number of benzene rings is 1. The zero-order valence-corrected chi connectivity index (χ0v) is 22.9. The molecule has 1 aliphatic heterocycles. The molecule has 3 aromatic rings. The predicted octanol–water partition coefficient (Wildman–Crippen LogP) is 5.98. The fraction of sp³-hybridized carbons (Fsp3) is 0.429. The summed E-state index contributed by atoms with van der Waals surface area (Å²) in [5.41, 5.74) is 4.70. The smallest absolute Gasteiger partial charge is 0.268 e. The first-order valence-electron chi connectivity index (χ1n) is 12.1. The lowest BCUT2D eigenvalue weighted by Gasteiger charge is -2.25. The van der Waals surface area contributed by atoms with Crippen LogP contribution in [0.5, 0.6) is 11.5 Å². The van der Waals surface area contributed by atoms with Crippen molar-refractivity contribution in [3.8, 4) is 33.2 Å². The first-order chi connectivity index (χ1) is 17.1. The van der Waals surface area contributed by atoms with Crippen LogP contribution in [0.2, 0.25) is 0 Å². The van der Waals surface area contributed by atoms with Gasteiger partial charge < -0.3 is 24.1 Å². The number of thiophene rings is 1. The Morgan fingerprint density at radius 1 is 1.22 bits per heavy atom. The number of ether oxygens (including phenoxy) is 3. The molecule has 2 N–H and O–H groups in total. The largest absolute Gasteiger partial charge is 0.493 e. The Labute approximate surface area is 216 Å². The van der Waals surface area contributed by atoms with Crippen LogP contribution in [-0.2, 0) is 17.7 Å². The van der Waals surface area contributed by atoms with Crippen LogP contribution in [0, 0.1) is 10.8 Å². The molecular formula is C28H35N3O4S. The van der Waals surface area contributed by atoms with Crippen molar-refractivity contribution < 1.29 is 19.0 Å². The van der Waals surface area contributed by atoms with Crippen LogP contribution in [0.1, 0.15) is 56.2 Å². The summed E-state index contributed by atoms with van der Waals surface area (Å²) in [6.07, 6.45) is 0.693. The summed E-state index contributed by atoms with van der Waals surface area (Å²) >= 11 is 1.58. The molecule has 0 saturated heterocycles. The highest BCUT2D eigenvalue weighted by atomic mass is 32.1. The van der Waals surface area contributed by atoms with Crippen molar-refractivity contribution in [3.05, 3.63) is 46.5 Å². The first kappa shape index (κ1) is 25.8. The zero-order valence-electron chi connectivity index (χ0n) is 22.1. The van der Waals surface area contributed by atoms with E-state index in [-0.39, 0.29) is 23.3 Å². The molecule has 7 nitrogen and oxygen atoms in total. The van der Waals surface area contributed by atoms with Gasteiger partial charge in [0.25, 0.3) is 5.91 Å². The Balaban J connectivity index is 2.02. The summed E-state index contributed by atoms with van der Waals surface area (Å²) in [6.45, 7) is 11.3. The van der Waals surface area contributed by atoms with E-state index in [0.29, 0.717) is 35.8 Å². The lowest BCUT2D eigenvalue weighted by Crippen LogP contribution is -2.35. The van der Waals surface area contributed by atoms with Crippen molar-refractivity contribution >= 4 is 23.1 Å². The van der Waals surface area contributed by atoms with Crippen LogP contribution in [0.4, 0.5) is 0 Å². The number of hydrogen-bond donors (Lipinski definition) is 2. The highest BCUT2D eigenvalue weighted by Gasteiger charge is 2.35. The maximum atomic E-state index is 13.7. The molecule has 0 saturated carbocycles. The van der Waals surface area contributed by atoms with Crippen LogP contribution >= 0.6 is 11.3 Å². The van der Waals surface area contributed by atoms with Gasteiger partial charge in [0, 0.05) is 29.1 Å². The average molecular weight is 510 g/mol. The van der Waals surface area contributed by atoms with Crippen molar-refractivity contribution in [2.75, 3.05) is 20.8 Å². The molecule has 0 fully saturated rings. The number of carbonyl (C=O) groups excluding carboxylic acids is 1. The number of fused-ring (bicyclic) bond motifs is 3. The molecule has 3 heterocycles. The minimum Gasteiger partial charge on any atom is -0.493 e. The van der Waals surface area contributed by atoms with E-state index in [9.17, 15) is 4.79 Å². The zero-order chi connectivity index (χ0) is 26.2. The van der Waals surface area contributed by atoms with Gasteiger partial charge in [-0.25, -0.2) is 0 Å². The lowest BCUT2D eigenvalue weighted by molar-refractivity contribution is 0.0929. The molecule has 1 amide bonds. The van der Waals surface area contributed by atoms with Crippen LogP contribution in [-0.4, -0.2) is 43.2 Å². The third-order valence-corrected chi connectivity index (χ3v) is 6.96. The van der Waals surface area contributed by atoms with Gasteiger partial charge in [0.05, 0.1) is 31.6 Å². The highest BCUT2D eigenvalue weighted by molar-refractivity contribution is 7.13. The van der Waals surface area contributed by atoms with E-state index >= 15 is 0 Å². The molecule has 4 rings (SSSR count). The molecule has 1 aromatic carbocycles. The van der Waals surface area contributed by atoms with Gasteiger partial charge in [0.2, 0.25) is 5.90 Å². The SMILES string of the molecule is COC(=N)c1c(-c2cccs2)c2n(c1C(=O)NCC(C)(C)C)CCc1cc(OC)c(OC(C)C)cc1-2. The second kappa shape index (κ2) is 10.0. The van der Waals surface area contributed by atoms with Crippen LogP contribution < -0.4 is 14.8 Å². The van der Waals surface area contributed by atoms with E-state index in [1.807, 2.05) is 48.1 Å². The van der Waals surface area contributed by atoms with Gasteiger partial charge in [-0.1, -0.05) is 26.8 Å². The van der Waals surface area contributed by atoms with E-state index in [4.69, 9.17) is 19.6 Å². The quantitative estimate of drug-likeness (QED) is 0.303. The molecule has 36 heavy (non-hydrogen) atoms. The Bertz CT molecular complexity index is 1280. The summed E-state index contributed by atoms with van der Waals surface area (Å²) in [7, 11) is 3.12.